The Bertz CT molecular complexity index is 944. The second-order valence-corrected chi connectivity index (χ2v) is 5.05. The summed E-state index contributed by atoms with van der Waals surface area (Å²) in [5, 5.41) is 19.4. The zero-order valence-corrected chi connectivity index (χ0v) is 13.3. The largest absolute Gasteiger partial charge is 0.504 e. The highest BCUT2D eigenvalue weighted by Gasteiger charge is 2.13. The molecule has 0 amide bonds. The van der Waals surface area contributed by atoms with Crippen molar-refractivity contribution in [3.05, 3.63) is 42.0 Å². The van der Waals surface area contributed by atoms with Crippen LogP contribution >= 0.6 is 0 Å². The first-order valence-electron chi connectivity index (χ1n) is 7.25. The summed E-state index contributed by atoms with van der Waals surface area (Å²) >= 11 is 0. The van der Waals surface area contributed by atoms with Crippen LogP contribution in [0.4, 0.5) is 0 Å². The molecule has 0 aliphatic rings. The summed E-state index contributed by atoms with van der Waals surface area (Å²) in [4.78, 5) is 0. The third kappa shape index (κ3) is 2.87. The summed E-state index contributed by atoms with van der Waals surface area (Å²) in [5.41, 5.74) is 2.10. The second-order valence-electron chi connectivity index (χ2n) is 5.05. The summed E-state index contributed by atoms with van der Waals surface area (Å²) in [6.07, 6.45) is 0. The molecule has 5 nitrogen and oxygen atoms in total. The summed E-state index contributed by atoms with van der Waals surface area (Å²) in [5.74, 6) is 7.09. The molecule has 0 aliphatic carbocycles. The van der Waals surface area contributed by atoms with E-state index in [1.165, 1.54) is 7.11 Å². The molecule has 122 valence electrons. The number of aliphatic hydroxyl groups is 1. The van der Waals surface area contributed by atoms with Crippen LogP contribution in [0.15, 0.2) is 40.8 Å². The molecule has 0 atom stereocenters. The van der Waals surface area contributed by atoms with Gasteiger partial charge in [0.2, 0.25) is 0 Å². The van der Waals surface area contributed by atoms with Crippen molar-refractivity contribution in [1.29, 1.82) is 0 Å². The maximum absolute atomic E-state index is 9.71. The molecule has 0 spiro atoms. The molecule has 0 aliphatic heterocycles. The standard InChI is InChI=1S/C19H16O5/c1-22-17-10-13(5-6-15(17)21)16-11-14-8-12(4-3-7-20)9-18(23-2)19(14)24-16/h5-6,8-11,20-21H,7H2,1-2H3. The molecule has 0 fully saturated rings. The lowest BCUT2D eigenvalue weighted by Gasteiger charge is -2.04. The van der Waals surface area contributed by atoms with Crippen molar-refractivity contribution in [3.8, 4) is 40.4 Å². The highest BCUT2D eigenvalue weighted by molar-refractivity contribution is 5.89. The highest BCUT2D eigenvalue weighted by Crippen LogP contribution is 2.37. The number of phenolic OH excluding ortho intramolecular Hbond substituents is 1. The van der Waals surface area contributed by atoms with Crippen LogP contribution in [0.1, 0.15) is 5.56 Å². The minimum atomic E-state index is -0.204. The quantitative estimate of drug-likeness (QED) is 0.724. The van der Waals surface area contributed by atoms with Gasteiger partial charge in [0.1, 0.15) is 12.4 Å². The average Bonchev–Trinajstić information content (AvgIpc) is 3.03. The first kappa shape index (κ1) is 15.8. The smallest absolute Gasteiger partial charge is 0.176 e. The van der Waals surface area contributed by atoms with E-state index in [1.807, 2.05) is 12.1 Å². The fourth-order valence-corrected chi connectivity index (χ4v) is 2.46. The van der Waals surface area contributed by atoms with Gasteiger partial charge in [-0.25, -0.2) is 0 Å². The molecule has 0 saturated carbocycles. The number of benzene rings is 2. The van der Waals surface area contributed by atoms with E-state index >= 15 is 0 Å². The van der Waals surface area contributed by atoms with Gasteiger partial charge in [-0.05, 0) is 36.4 Å². The maximum Gasteiger partial charge on any atom is 0.176 e. The van der Waals surface area contributed by atoms with E-state index in [0.717, 1.165) is 16.5 Å². The topological polar surface area (TPSA) is 72.1 Å². The van der Waals surface area contributed by atoms with Crippen molar-refractivity contribution in [3.63, 3.8) is 0 Å². The Hall–Kier alpha value is -3.10. The fourth-order valence-electron chi connectivity index (χ4n) is 2.46. The number of aliphatic hydroxyl groups excluding tert-OH is 1. The summed E-state index contributed by atoms with van der Waals surface area (Å²) in [6, 6.07) is 10.5. The molecular formula is C19H16O5. The summed E-state index contributed by atoms with van der Waals surface area (Å²) < 4.78 is 16.4. The molecule has 3 aromatic rings. The lowest BCUT2D eigenvalue weighted by Crippen LogP contribution is -1.85. The minimum Gasteiger partial charge on any atom is -0.504 e. The second kappa shape index (κ2) is 6.57. The van der Waals surface area contributed by atoms with Gasteiger partial charge in [-0.15, -0.1) is 0 Å². The number of hydrogen-bond donors (Lipinski definition) is 2. The Morgan fingerprint density at radius 3 is 2.54 bits per heavy atom. The van der Waals surface area contributed by atoms with E-state index in [-0.39, 0.29) is 12.4 Å². The lowest BCUT2D eigenvalue weighted by molar-refractivity contribution is 0.350. The Morgan fingerprint density at radius 2 is 1.83 bits per heavy atom. The van der Waals surface area contributed by atoms with Crippen molar-refractivity contribution in [2.45, 2.75) is 0 Å². The van der Waals surface area contributed by atoms with Gasteiger partial charge in [0.05, 0.1) is 14.2 Å². The van der Waals surface area contributed by atoms with E-state index < -0.39 is 0 Å². The minimum absolute atomic E-state index is 0.0662. The predicted octanol–water partition coefficient (Wildman–Crippen LogP) is 3.17. The molecule has 3 rings (SSSR count). The number of aromatic hydroxyl groups is 1. The van der Waals surface area contributed by atoms with Crippen LogP contribution in [0.3, 0.4) is 0 Å². The Morgan fingerprint density at radius 1 is 1.04 bits per heavy atom. The van der Waals surface area contributed by atoms with Gasteiger partial charge in [0, 0.05) is 16.5 Å². The van der Waals surface area contributed by atoms with Crippen LogP contribution in [0.2, 0.25) is 0 Å². The molecule has 2 aromatic carbocycles. The van der Waals surface area contributed by atoms with Crippen LogP contribution in [0.25, 0.3) is 22.3 Å². The molecule has 24 heavy (non-hydrogen) atoms. The van der Waals surface area contributed by atoms with Crippen molar-refractivity contribution >= 4 is 11.0 Å². The molecule has 1 heterocycles. The third-order valence-electron chi connectivity index (χ3n) is 3.58. The molecule has 2 N–H and O–H groups in total. The molecular weight excluding hydrogens is 308 g/mol. The van der Waals surface area contributed by atoms with Crippen molar-refractivity contribution in [1.82, 2.24) is 0 Å². The molecule has 1 aromatic heterocycles. The number of ether oxygens (including phenoxy) is 2. The Kier molecular flexibility index (Phi) is 4.32. The van der Waals surface area contributed by atoms with Crippen LogP contribution in [-0.4, -0.2) is 31.0 Å². The van der Waals surface area contributed by atoms with E-state index in [0.29, 0.717) is 22.8 Å². The van der Waals surface area contributed by atoms with Gasteiger partial charge < -0.3 is 24.1 Å². The van der Waals surface area contributed by atoms with Crippen molar-refractivity contribution in [2.75, 3.05) is 20.8 Å². The molecule has 0 bridgehead atoms. The summed E-state index contributed by atoms with van der Waals surface area (Å²) in [6.45, 7) is -0.204. The van der Waals surface area contributed by atoms with E-state index in [9.17, 15) is 5.11 Å². The molecule has 0 saturated heterocycles. The fraction of sp³-hybridized carbons (Fsp3) is 0.158. The number of hydrogen-bond acceptors (Lipinski definition) is 5. The monoisotopic (exact) mass is 324 g/mol. The van der Waals surface area contributed by atoms with Crippen LogP contribution < -0.4 is 9.47 Å². The number of furan rings is 1. The summed E-state index contributed by atoms with van der Waals surface area (Å²) in [7, 11) is 3.05. The van der Waals surface area contributed by atoms with Gasteiger partial charge >= 0.3 is 0 Å². The molecule has 5 heteroatoms. The van der Waals surface area contributed by atoms with E-state index in [4.69, 9.17) is 19.0 Å². The van der Waals surface area contributed by atoms with Gasteiger partial charge in [-0.1, -0.05) is 11.8 Å². The molecule has 0 radical (unpaired) electrons. The average molecular weight is 324 g/mol. The first-order valence-corrected chi connectivity index (χ1v) is 7.25. The third-order valence-corrected chi connectivity index (χ3v) is 3.58. The normalized spacial score (nSPS) is 10.3. The van der Waals surface area contributed by atoms with E-state index in [1.54, 1.807) is 31.4 Å². The van der Waals surface area contributed by atoms with Gasteiger partial charge in [0.25, 0.3) is 0 Å². The maximum atomic E-state index is 9.71. The lowest BCUT2D eigenvalue weighted by atomic mass is 10.1. The van der Waals surface area contributed by atoms with E-state index in [2.05, 4.69) is 11.8 Å². The Labute approximate surface area is 139 Å². The van der Waals surface area contributed by atoms with Gasteiger partial charge in [0.15, 0.2) is 22.8 Å². The highest BCUT2D eigenvalue weighted by atomic mass is 16.5. The number of methoxy groups -OCH3 is 2. The van der Waals surface area contributed by atoms with Gasteiger partial charge in [-0.2, -0.15) is 0 Å². The number of phenols is 1. The predicted molar refractivity (Wildman–Crippen MR) is 90.4 cm³/mol. The van der Waals surface area contributed by atoms with Crippen LogP contribution in [0.5, 0.6) is 17.2 Å². The van der Waals surface area contributed by atoms with Gasteiger partial charge in [-0.3, -0.25) is 0 Å². The van der Waals surface area contributed by atoms with Crippen molar-refractivity contribution < 1.29 is 24.1 Å². The zero-order valence-electron chi connectivity index (χ0n) is 13.3. The first-order chi connectivity index (χ1) is 11.7. The number of fused-ring (bicyclic) bond motifs is 1. The molecule has 0 unspecified atom stereocenters. The van der Waals surface area contributed by atoms with Crippen molar-refractivity contribution in [2.24, 2.45) is 0 Å². The van der Waals surface area contributed by atoms with Crippen LogP contribution in [-0.2, 0) is 0 Å². The number of rotatable bonds is 3. The SMILES string of the molecule is COc1cc(-c2cc3cc(C#CCO)cc(OC)c3o2)ccc1O. The van der Waals surface area contributed by atoms with Crippen LogP contribution in [0, 0.1) is 11.8 Å². The Balaban J connectivity index is 2.14. The zero-order chi connectivity index (χ0) is 17.1.